The molecule has 1 heterocycles. The van der Waals surface area contributed by atoms with Crippen LogP contribution in [0.15, 0.2) is 48.5 Å². The number of esters is 1. The number of piperidine rings is 1. The van der Waals surface area contributed by atoms with Crippen LogP contribution >= 0.6 is 0 Å². The first-order valence-corrected chi connectivity index (χ1v) is 8.77. The van der Waals surface area contributed by atoms with E-state index < -0.39 is 0 Å². The zero-order valence-electron chi connectivity index (χ0n) is 14.7. The molecule has 6 heteroatoms. The minimum absolute atomic E-state index is 0.0405. The second kappa shape index (κ2) is 8.67. The van der Waals surface area contributed by atoms with Crippen molar-refractivity contribution in [3.05, 3.63) is 54.3 Å². The summed E-state index contributed by atoms with van der Waals surface area (Å²) in [7, 11) is 0. The van der Waals surface area contributed by atoms with E-state index in [0.717, 1.165) is 12.8 Å². The molecule has 26 heavy (non-hydrogen) atoms. The third kappa shape index (κ3) is 4.95. The van der Waals surface area contributed by atoms with Gasteiger partial charge >= 0.3 is 5.97 Å². The molecule has 3 rings (SSSR count). The molecule has 0 bridgehead atoms. The largest absolute Gasteiger partial charge is 0.466 e. The first-order chi connectivity index (χ1) is 12.6. The van der Waals surface area contributed by atoms with Gasteiger partial charge in [0.05, 0.1) is 12.5 Å². The quantitative estimate of drug-likeness (QED) is 0.724. The highest BCUT2D eigenvalue weighted by Crippen LogP contribution is 2.25. The number of rotatable bonds is 6. The first kappa shape index (κ1) is 18.2. The summed E-state index contributed by atoms with van der Waals surface area (Å²) in [4.78, 5) is 17.6. The van der Waals surface area contributed by atoms with E-state index in [9.17, 15) is 9.18 Å². The Balaban J connectivity index is 1.49. The molecule has 5 nitrogen and oxygen atoms in total. The van der Waals surface area contributed by atoms with Crippen LogP contribution in [0.4, 0.5) is 4.39 Å². The van der Waals surface area contributed by atoms with Gasteiger partial charge in [-0.2, -0.15) is 0 Å². The maximum absolute atomic E-state index is 12.9. The SMILES string of the molecule is CCOC(=O)C1CCN(Oc2ccc(Oc3ccc(F)cc3)cc2)CC1. The summed E-state index contributed by atoms with van der Waals surface area (Å²) in [5.41, 5.74) is 0. The maximum atomic E-state index is 12.9. The van der Waals surface area contributed by atoms with Crippen molar-refractivity contribution in [3.63, 3.8) is 0 Å². The Kier molecular flexibility index (Phi) is 6.07. The van der Waals surface area contributed by atoms with Gasteiger partial charge in [-0.15, -0.1) is 5.06 Å². The van der Waals surface area contributed by atoms with E-state index in [1.807, 2.05) is 24.1 Å². The Bertz CT molecular complexity index is 710. The zero-order chi connectivity index (χ0) is 18.4. The van der Waals surface area contributed by atoms with Gasteiger partial charge in [0.1, 0.15) is 23.1 Å². The summed E-state index contributed by atoms with van der Waals surface area (Å²) in [6.07, 6.45) is 1.45. The smallest absolute Gasteiger partial charge is 0.309 e. The first-order valence-electron chi connectivity index (χ1n) is 8.77. The van der Waals surface area contributed by atoms with Gasteiger partial charge in [0.2, 0.25) is 0 Å². The molecule has 2 aromatic rings. The molecule has 2 aromatic carbocycles. The lowest BCUT2D eigenvalue weighted by Gasteiger charge is -2.30. The number of hydrogen-bond donors (Lipinski definition) is 0. The molecule has 1 aliphatic rings. The van der Waals surface area contributed by atoms with Crippen molar-refractivity contribution in [3.8, 4) is 17.2 Å². The van der Waals surface area contributed by atoms with Crippen molar-refractivity contribution in [2.45, 2.75) is 19.8 Å². The van der Waals surface area contributed by atoms with Crippen LogP contribution in [0.2, 0.25) is 0 Å². The minimum Gasteiger partial charge on any atom is -0.466 e. The van der Waals surface area contributed by atoms with Gasteiger partial charge in [-0.1, -0.05) is 0 Å². The predicted octanol–water partition coefficient (Wildman–Crippen LogP) is 4.19. The van der Waals surface area contributed by atoms with Gasteiger partial charge in [-0.05, 0) is 68.3 Å². The van der Waals surface area contributed by atoms with Crippen LogP contribution in [-0.4, -0.2) is 30.7 Å². The third-order valence-corrected chi connectivity index (χ3v) is 4.18. The summed E-state index contributed by atoms with van der Waals surface area (Å²) < 4.78 is 23.6. The second-order valence-electron chi connectivity index (χ2n) is 6.07. The van der Waals surface area contributed by atoms with Crippen LogP contribution in [-0.2, 0) is 9.53 Å². The van der Waals surface area contributed by atoms with E-state index in [4.69, 9.17) is 14.3 Å². The predicted molar refractivity (Wildman–Crippen MR) is 94.5 cm³/mol. The van der Waals surface area contributed by atoms with Crippen LogP contribution in [0, 0.1) is 11.7 Å². The minimum atomic E-state index is -0.298. The van der Waals surface area contributed by atoms with Crippen LogP contribution < -0.4 is 9.57 Å². The van der Waals surface area contributed by atoms with Crippen molar-refractivity contribution in [2.75, 3.05) is 19.7 Å². The molecule has 138 valence electrons. The number of benzene rings is 2. The monoisotopic (exact) mass is 359 g/mol. The number of hydrogen-bond acceptors (Lipinski definition) is 5. The molecule has 1 fully saturated rings. The molecule has 1 aliphatic heterocycles. The summed E-state index contributed by atoms with van der Waals surface area (Å²) in [5, 5.41) is 1.85. The number of ether oxygens (including phenoxy) is 2. The van der Waals surface area contributed by atoms with Crippen molar-refractivity contribution < 1.29 is 23.5 Å². The van der Waals surface area contributed by atoms with Gasteiger partial charge in [0.15, 0.2) is 0 Å². The van der Waals surface area contributed by atoms with Gasteiger partial charge < -0.3 is 14.3 Å². The fourth-order valence-electron chi connectivity index (χ4n) is 2.80. The Labute approximate surface area is 152 Å². The highest BCUT2D eigenvalue weighted by molar-refractivity contribution is 5.72. The van der Waals surface area contributed by atoms with Crippen LogP contribution in [0.3, 0.4) is 0 Å². The molecule has 0 spiro atoms. The second-order valence-corrected chi connectivity index (χ2v) is 6.07. The van der Waals surface area contributed by atoms with Gasteiger partial charge in [-0.25, -0.2) is 4.39 Å². The fourth-order valence-corrected chi connectivity index (χ4v) is 2.80. The summed E-state index contributed by atoms with van der Waals surface area (Å²) in [6.45, 7) is 3.59. The molecule has 1 saturated heterocycles. The Morgan fingerprint density at radius 3 is 2.12 bits per heavy atom. The van der Waals surface area contributed by atoms with Crippen LogP contribution in [0.5, 0.6) is 17.2 Å². The lowest BCUT2D eigenvalue weighted by atomic mass is 9.98. The lowest BCUT2D eigenvalue weighted by molar-refractivity contribution is -0.153. The lowest BCUT2D eigenvalue weighted by Crippen LogP contribution is -2.38. The van der Waals surface area contributed by atoms with Crippen molar-refractivity contribution in [1.29, 1.82) is 0 Å². The zero-order valence-corrected chi connectivity index (χ0v) is 14.7. The van der Waals surface area contributed by atoms with E-state index in [-0.39, 0.29) is 17.7 Å². The van der Waals surface area contributed by atoms with Crippen molar-refractivity contribution in [2.24, 2.45) is 5.92 Å². The Morgan fingerprint density at radius 1 is 1.00 bits per heavy atom. The van der Waals surface area contributed by atoms with Gasteiger partial charge in [0.25, 0.3) is 0 Å². The molecule has 0 aliphatic carbocycles. The number of halogens is 1. The summed E-state index contributed by atoms with van der Waals surface area (Å²) in [5.74, 6) is 1.46. The molecule has 0 saturated carbocycles. The third-order valence-electron chi connectivity index (χ3n) is 4.18. The van der Waals surface area contributed by atoms with Crippen molar-refractivity contribution >= 4 is 5.97 Å². The molecule has 0 N–H and O–H groups in total. The maximum Gasteiger partial charge on any atom is 0.309 e. The number of carbonyl (C=O) groups is 1. The molecule has 0 atom stereocenters. The molecule has 0 unspecified atom stereocenters. The topological polar surface area (TPSA) is 48.0 Å². The van der Waals surface area contributed by atoms with Crippen molar-refractivity contribution in [1.82, 2.24) is 5.06 Å². The Hall–Kier alpha value is -2.60. The van der Waals surface area contributed by atoms with Gasteiger partial charge in [-0.3, -0.25) is 4.79 Å². The average Bonchev–Trinajstić information content (AvgIpc) is 2.66. The molecule has 0 aromatic heterocycles. The molecule has 0 amide bonds. The normalized spacial score (nSPS) is 15.5. The van der Waals surface area contributed by atoms with E-state index in [0.29, 0.717) is 36.9 Å². The summed E-state index contributed by atoms with van der Waals surface area (Å²) >= 11 is 0. The molecular formula is C20H22FNO4. The fraction of sp³-hybridized carbons (Fsp3) is 0.350. The van der Waals surface area contributed by atoms with E-state index in [2.05, 4.69) is 0 Å². The molecule has 0 radical (unpaired) electrons. The highest BCUT2D eigenvalue weighted by Gasteiger charge is 2.26. The highest BCUT2D eigenvalue weighted by atomic mass is 19.1. The Morgan fingerprint density at radius 2 is 1.54 bits per heavy atom. The van der Waals surface area contributed by atoms with Crippen LogP contribution in [0.25, 0.3) is 0 Å². The van der Waals surface area contributed by atoms with Crippen LogP contribution in [0.1, 0.15) is 19.8 Å². The number of hydroxylamine groups is 2. The number of nitrogens with zero attached hydrogens (tertiary/aromatic N) is 1. The van der Waals surface area contributed by atoms with E-state index in [1.54, 1.807) is 24.3 Å². The van der Waals surface area contributed by atoms with E-state index in [1.165, 1.54) is 12.1 Å². The summed E-state index contributed by atoms with van der Waals surface area (Å²) in [6, 6.07) is 13.1. The molecular weight excluding hydrogens is 337 g/mol. The van der Waals surface area contributed by atoms with E-state index >= 15 is 0 Å². The average molecular weight is 359 g/mol. The number of carbonyl (C=O) groups excluding carboxylic acids is 1. The standard InChI is InChI=1S/C20H22FNO4/c1-2-24-20(23)15-11-13-22(14-12-15)26-19-9-7-18(8-10-19)25-17-5-3-16(21)4-6-17/h3-10,15H,2,11-14H2,1H3. The van der Waals surface area contributed by atoms with Gasteiger partial charge in [0, 0.05) is 13.1 Å².